The molecule has 2 N–H and O–H groups in total. The van der Waals surface area contributed by atoms with E-state index in [-0.39, 0.29) is 6.04 Å². The number of aliphatic hydroxyl groups excluding tert-OH is 1. The molecule has 122 valence electrons. The third-order valence-electron chi connectivity index (χ3n) is 4.12. The van der Waals surface area contributed by atoms with E-state index in [1.54, 1.807) is 0 Å². The van der Waals surface area contributed by atoms with Crippen LogP contribution < -0.4 is 14.8 Å². The largest absolute Gasteiger partial charge is 0.486 e. The lowest BCUT2D eigenvalue weighted by Crippen LogP contribution is -2.26. The van der Waals surface area contributed by atoms with Gasteiger partial charge in [0.1, 0.15) is 13.2 Å². The van der Waals surface area contributed by atoms with Gasteiger partial charge in [0.25, 0.3) is 0 Å². The number of aliphatic hydroxyl groups is 1. The zero-order valence-corrected chi connectivity index (χ0v) is 13.4. The number of nitrogens with one attached hydrogen (secondary N) is 1. The molecule has 0 aromatic heterocycles. The van der Waals surface area contributed by atoms with E-state index in [1.165, 1.54) is 0 Å². The van der Waals surface area contributed by atoms with Gasteiger partial charge in [0, 0.05) is 12.6 Å². The third kappa shape index (κ3) is 3.84. The van der Waals surface area contributed by atoms with Gasteiger partial charge in [-0.15, -0.1) is 0 Å². The standard InChI is InChI=1S/C19H23NO3/c1-2-16(20-13-17(21)14-6-4-3-5-7-14)15-8-9-18-19(12-15)23-11-10-22-18/h3-9,12,16-17,20-21H,2,10-11,13H2,1H3. The highest BCUT2D eigenvalue weighted by atomic mass is 16.6. The zero-order chi connectivity index (χ0) is 16.1. The second-order valence-corrected chi connectivity index (χ2v) is 5.70. The van der Waals surface area contributed by atoms with Crippen LogP contribution in [0.2, 0.25) is 0 Å². The van der Waals surface area contributed by atoms with Crippen LogP contribution in [0, 0.1) is 0 Å². The van der Waals surface area contributed by atoms with E-state index in [4.69, 9.17) is 9.47 Å². The lowest BCUT2D eigenvalue weighted by Gasteiger charge is -2.23. The average Bonchev–Trinajstić information content (AvgIpc) is 2.62. The van der Waals surface area contributed by atoms with E-state index < -0.39 is 6.10 Å². The predicted molar refractivity (Wildman–Crippen MR) is 89.9 cm³/mol. The molecule has 0 radical (unpaired) electrons. The molecule has 0 amide bonds. The first-order valence-electron chi connectivity index (χ1n) is 8.14. The number of hydrogen-bond donors (Lipinski definition) is 2. The highest BCUT2D eigenvalue weighted by Gasteiger charge is 2.17. The molecule has 4 heteroatoms. The van der Waals surface area contributed by atoms with Crippen LogP contribution in [0.1, 0.15) is 36.6 Å². The van der Waals surface area contributed by atoms with Crippen molar-refractivity contribution in [3.8, 4) is 11.5 Å². The SMILES string of the molecule is CCC(NCC(O)c1ccccc1)c1ccc2c(c1)OCCO2. The molecule has 3 rings (SSSR count). The maximum Gasteiger partial charge on any atom is 0.161 e. The second-order valence-electron chi connectivity index (χ2n) is 5.70. The van der Waals surface area contributed by atoms with Crippen molar-refractivity contribution in [1.29, 1.82) is 0 Å². The molecule has 2 aromatic rings. The van der Waals surface area contributed by atoms with Gasteiger partial charge in [-0.2, -0.15) is 0 Å². The summed E-state index contributed by atoms with van der Waals surface area (Å²) in [5.41, 5.74) is 2.08. The van der Waals surface area contributed by atoms with Crippen molar-refractivity contribution >= 4 is 0 Å². The van der Waals surface area contributed by atoms with Gasteiger partial charge in [0.2, 0.25) is 0 Å². The van der Waals surface area contributed by atoms with Gasteiger partial charge in [-0.05, 0) is 29.7 Å². The molecule has 23 heavy (non-hydrogen) atoms. The Morgan fingerprint density at radius 3 is 2.48 bits per heavy atom. The summed E-state index contributed by atoms with van der Waals surface area (Å²) >= 11 is 0. The molecule has 0 bridgehead atoms. The number of benzene rings is 2. The van der Waals surface area contributed by atoms with Crippen molar-refractivity contribution in [2.24, 2.45) is 0 Å². The lowest BCUT2D eigenvalue weighted by molar-refractivity contribution is 0.167. The third-order valence-corrected chi connectivity index (χ3v) is 4.12. The van der Waals surface area contributed by atoms with Gasteiger partial charge < -0.3 is 19.9 Å². The lowest BCUT2D eigenvalue weighted by atomic mass is 10.0. The summed E-state index contributed by atoms with van der Waals surface area (Å²) < 4.78 is 11.2. The van der Waals surface area contributed by atoms with E-state index in [2.05, 4.69) is 18.3 Å². The summed E-state index contributed by atoms with van der Waals surface area (Å²) in [4.78, 5) is 0. The molecule has 1 aliphatic rings. The molecule has 2 atom stereocenters. The second kappa shape index (κ2) is 7.49. The van der Waals surface area contributed by atoms with Crippen LogP contribution in [0.5, 0.6) is 11.5 Å². The van der Waals surface area contributed by atoms with Crippen molar-refractivity contribution in [1.82, 2.24) is 5.32 Å². The summed E-state index contributed by atoms with van der Waals surface area (Å²) in [5.74, 6) is 1.61. The van der Waals surface area contributed by atoms with Gasteiger partial charge in [-0.3, -0.25) is 0 Å². The molecule has 1 aliphatic heterocycles. The number of ether oxygens (including phenoxy) is 2. The highest BCUT2D eigenvalue weighted by Crippen LogP contribution is 2.33. The number of hydrogen-bond acceptors (Lipinski definition) is 4. The topological polar surface area (TPSA) is 50.7 Å². The molecule has 0 fully saturated rings. The minimum absolute atomic E-state index is 0.171. The fourth-order valence-corrected chi connectivity index (χ4v) is 2.82. The van der Waals surface area contributed by atoms with Crippen LogP contribution in [-0.4, -0.2) is 24.9 Å². The maximum atomic E-state index is 10.3. The summed E-state index contributed by atoms with van der Waals surface area (Å²) in [6.45, 7) is 3.83. The highest BCUT2D eigenvalue weighted by molar-refractivity contribution is 5.44. The van der Waals surface area contributed by atoms with Crippen LogP contribution >= 0.6 is 0 Å². The van der Waals surface area contributed by atoms with Crippen LogP contribution in [0.25, 0.3) is 0 Å². The molecule has 1 heterocycles. The van der Waals surface area contributed by atoms with E-state index in [0.717, 1.165) is 29.0 Å². The van der Waals surface area contributed by atoms with Crippen molar-refractivity contribution in [2.45, 2.75) is 25.5 Å². The van der Waals surface area contributed by atoms with Crippen LogP contribution in [0.4, 0.5) is 0 Å². The summed E-state index contributed by atoms with van der Waals surface area (Å²) in [6.07, 6.45) is 0.420. The van der Waals surface area contributed by atoms with Gasteiger partial charge in [0.05, 0.1) is 6.10 Å². The minimum Gasteiger partial charge on any atom is -0.486 e. The molecular formula is C19H23NO3. The Hall–Kier alpha value is -2.04. The molecular weight excluding hydrogens is 290 g/mol. The predicted octanol–water partition coefficient (Wildman–Crippen LogP) is 3.23. The van der Waals surface area contributed by atoms with Gasteiger partial charge >= 0.3 is 0 Å². The summed E-state index contributed by atoms with van der Waals surface area (Å²) in [6, 6.07) is 15.9. The first-order valence-corrected chi connectivity index (χ1v) is 8.14. The minimum atomic E-state index is -0.512. The Bertz CT molecular complexity index is 630. The maximum absolute atomic E-state index is 10.3. The molecule has 0 spiro atoms. The van der Waals surface area contributed by atoms with Gasteiger partial charge in [-0.1, -0.05) is 43.3 Å². The molecule has 0 aliphatic carbocycles. The molecule has 2 unspecified atom stereocenters. The van der Waals surface area contributed by atoms with E-state index >= 15 is 0 Å². The average molecular weight is 313 g/mol. The Labute approximate surface area is 137 Å². The van der Waals surface area contributed by atoms with Crippen molar-refractivity contribution in [3.05, 3.63) is 59.7 Å². The Balaban J connectivity index is 1.66. The first kappa shape index (κ1) is 15.8. The first-order chi connectivity index (χ1) is 11.3. The Morgan fingerprint density at radius 1 is 1.00 bits per heavy atom. The van der Waals surface area contributed by atoms with Crippen molar-refractivity contribution in [3.63, 3.8) is 0 Å². The summed E-state index contributed by atoms with van der Waals surface area (Å²) in [5, 5.41) is 13.7. The fraction of sp³-hybridized carbons (Fsp3) is 0.368. The zero-order valence-electron chi connectivity index (χ0n) is 13.4. The van der Waals surface area contributed by atoms with Gasteiger partial charge in [0.15, 0.2) is 11.5 Å². The summed E-state index contributed by atoms with van der Waals surface area (Å²) in [7, 11) is 0. The number of rotatable bonds is 6. The van der Waals surface area contributed by atoms with Crippen molar-refractivity contribution in [2.75, 3.05) is 19.8 Å². The smallest absolute Gasteiger partial charge is 0.161 e. The van der Waals surface area contributed by atoms with Crippen LogP contribution in [0.15, 0.2) is 48.5 Å². The Morgan fingerprint density at radius 2 is 1.74 bits per heavy atom. The van der Waals surface area contributed by atoms with Crippen LogP contribution in [-0.2, 0) is 0 Å². The van der Waals surface area contributed by atoms with E-state index in [0.29, 0.717) is 19.8 Å². The van der Waals surface area contributed by atoms with E-state index in [9.17, 15) is 5.11 Å². The van der Waals surface area contributed by atoms with E-state index in [1.807, 2.05) is 42.5 Å². The quantitative estimate of drug-likeness (QED) is 0.859. The molecule has 2 aromatic carbocycles. The van der Waals surface area contributed by atoms with Gasteiger partial charge in [-0.25, -0.2) is 0 Å². The fourth-order valence-electron chi connectivity index (χ4n) is 2.82. The Kier molecular flexibility index (Phi) is 5.16. The molecule has 4 nitrogen and oxygen atoms in total. The molecule has 0 saturated carbocycles. The van der Waals surface area contributed by atoms with Crippen LogP contribution in [0.3, 0.4) is 0 Å². The van der Waals surface area contributed by atoms with Crippen molar-refractivity contribution < 1.29 is 14.6 Å². The number of fused-ring (bicyclic) bond motifs is 1. The molecule has 0 saturated heterocycles. The monoisotopic (exact) mass is 313 g/mol. The normalized spacial score (nSPS) is 15.9.